The van der Waals surface area contributed by atoms with Crippen molar-refractivity contribution in [1.29, 1.82) is 0 Å². The van der Waals surface area contributed by atoms with Crippen molar-refractivity contribution in [3.8, 4) is 0 Å². The first-order valence-electron chi connectivity index (χ1n) is 3.26. The van der Waals surface area contributed by atoms with Crippen molar-refractivity contribution >= 4 is 0 Å². The molecular weight excluding hydrogens is 286 g/mol. The number of allylic oxidation sites excluding steroid dienone is 4. The van der Waals surface area contributed by atoms with Crippen molar-refractivity contribution in [1.82, 2.24) is 0 Å². The maximum Gasteiger partial charge on any atom is 0 e. The smallest absolute Gasteiger partial charge is 0 e. The van der Waals surface area contributed by atoms with Gasteiger partial charge in [0.15, 0.2) is 0 Å². The molecule has 0 amide bonds. The molecule has 4 nitrogen and oxygen atoms in total. The Morgan fingerprint density at radius 3 is 1.31 bits per heavy atom. The maximum atomic E-state index is 8.49. The van der Waals surface area contributed by atoms with Crippen LogP contribution in [0.5, 0.6) is 0 Å². The average molecular weight is 299 g/mol. The molecule has 0 aliphatic rings. The molecule has 0 bridgehead atoms. The molecule has 0 aromatic heterocycles. The van der Waals surface area contributed by atoms with Crippen LogP contribution in [0.1, 0.15) is 20.3 Å². The summed E-state index contributed by atoms with van der Waals surface area (Å²) in [4.78, 5) is 0. The van der Waals surface area contributed by atoms with Gasteiger partial charge in [0.2, 0.25) is 0 Å². The summed E-state index contributed by atoms with van der Waals surface area (Å²) in [5.41, 5.74) is 0. The molecule has 0 spiro atoms. The zero-order valence-corrected chi connectivity index (χ0v) is 9.76. The van der Waals surface area contributed by atoms with E-state index in [1.807, 2.05) is 13.8 Å². The van der Waals surface area contributed by atoms with Crippen LogP contribution in [0.4, 0.5) is 0 Å². The van der Waals surface area contributed by atoms with Crippen molar-refractivity contribution in [2.24, 2.45) is 0 Å². The average Bonchev–Trinajstić information content (AvgIpc) is 1.85. The molecule has 1 radical (unpaired) electrons. The number of rotatable bonds is 2. The molecule has 0 unspecified atom stereocenters. The van der Waals surface area contributed by atoms with Gasteiger partial charge in [-0.2, -0.15) is 0 Å². The normalized spacial score (nSPS) is 10.9. The third-order valence-electron chi connectivity index (χ3n) is 0.744. The first kappa shape index (κ1) is 18.9. The monoisotopic (exact) mass is 298 g/mol. The van der Waals surface area contributed by atoms with E-state index in [0.29, 0.717) is 0 Å². The Morgan fingerprint density at radius 2 is 1.15 bits per heavy atom. The predicted molar refractivity (Wildman–Crippen MR) is 34.2 cm³/mol. The van der Waals surface area contributed by atoms with Gasteiger partial charge in [0.1, 0.15) is 0 Å². The van der Waals surface area contributed by atoms with E-state index in [2.05, 4.69) is 24.3 Å². The summed E-state index contributed by atoms with van der Waals surface area (Å²) >= 11 is 0. The standard InChI is InChI=1S/C7H12.ClHO4.Rh/c1-3-5-7-6-4-2;2-1(3,4)5;/h3-6H,7H2,1-2H3;(H,2,3,4,5);/p-1/b5-3+,6-4+;;. The van der Waals surface area contributed by atoms with Gasteiger partial charge in [0.25, 0.3) is 0 Å². The van der Waals surface area contributed by atoms with Crippen molar-refractivity contribution in [2.45, 2.75) is 20.3 Å². The molecule has 0 saturated heterocycles. The fraction of sp³-hybridized carbons (Fsp3) is 0.429. The number of hydrogen-bond acceptors (Lipinski definition) is 4. The quantitative estimate of drug-likeness (QED) is 0.426. The number of hydrogen-bond donors (Lipinski definition) is 0. The second-order valence-electron chi connectivity index (χ2n) is 1.75. The van der Waals surface area contributed by atoms with Crippen LogP contribution in [-0.4, -0.2) is 0 Å². The SMILES string of the molecule is C/C=C/C/C=C/C.[O-][Cl+3]([O-])([O-])[O-].[Rh]. The Morgan fingerprint density at radius 1 is 0.923 bits per heavy atom. The van der Waals surface area contributed by atoms with Crippen LogP contribution in [0.15, 0.2) is 24.3 Å². The van der Waals surface area contributed by atoms with Crippen LogP contribution >= 0.6 is 0 Å². The topological polar surface area (TPSA) is 92.2 Å². The molecule has 0 aliphatic carbocycles. The van der Waals surface area contributed by atoms with E-state index < -0.39 is 10.2 Å². The van der Waals surface area contributed by atoms with Crippen LogP contribution in [0.2, 0.25) is 0 Å². The largest absolute Gasteiger partial charge is 0.222 e. The summed E-state index contributed by atoms with van der Waals surface area (Å²) in [5.74, 6) is 0. The predicted octanol–water partition coefficient (Wildman–Crippen LogP) is -2.23. The molecule has 6 heteroatoms. The molecule has 0 heterocycles. The van der Waals surface area contributed by atoms with Gasteiger partial charge in [-0.25, -0.2) is 18.6 Å². The van der Waals surface area contributed by atoms with Gasteiger partial charge in [0.05, 0.1) is 0 Å². The van der Waals surface area contributed by atoms with Crippen molar-refractivity contribution in [3.63, 3.8) is 0 Å². The molecular formula is C7H12ClO4Rh-. The van der Waals surface area contributed by atoms with Gasteiger partial charge in [-0.15, -0.1) is 10.2 Å². The van der Waals surface area contributed by atoms with Gasteiger partial charge in [-0.05, 0) is 20.3 Å². The minimum absolute atomic E-state index is 0. The molecule has 0 aromatic carbocycles. The van der Waals surface area contributed by atoms with Gasteiger partial charge >= 0.3 is 0 Å². The minimum Gasteiger partial charge on any atom is -0.222 e. The molecule has 0 saturated carbocycles. The summed E-state index contributed by atoms with van der Waals surface area (Å²) in [7, 11) is -4.94. The Balaban J connectivity index is -0.000000150. The molecule has 0 aliphatic heterocycles. The molecule has 0 atom stereocenters. The molecule has 0 fully saturated rings. The van der Waals surface area contributed by atoms with Crippen molar-refractivity contribution < 1.29 is 48.4 Å². The third-order valence-corrected chi connectivity index (χ3v) is 0.744. The Kier molecular flexibility index (Phi) is 17.8. The van der Waals surface area contributed by atoms with E-state index in [1.54, 1.807) is 0 Å². The third kappa shape index (κ3) is 71.5. The summed E-state index contributed by atoms with van der Waals surface area (Å²) in [6.07, 6.45) is 9.44. The summed E-state index contributed by atoms with van der Waals surface area (Å²) in [6, 6.07) is 0. The van der Waals surface area contributed by atoms with E-state index >= 15 is 0 Å². The second-order valence-corrected chi connectivity index (χ2v) is 2.51. The fourth-order valence-electron chi connectivity index (χ4n) is 0.351. The van der Waals surface area contributed by atoms with E-state index in [9.17, 15) is 0 Å². The van der Waals surface area contributed by atoms with E-state index in [-0.39, 0.29) is 19.5 Å². The van der Waals surface area contributed by atoms with Crippen LogP contribution < -0.4 is 18.6 Å². The first-order chi connectivity index (χ1) is 5.41. The van der Waals surface area contributed by atoms with E-state index in [0.717, 1.165) is 6.42 Å². The van der Waals surface area contributed by atoms with Crippen LogP contribution in [0, 0.1) is 10.2 Å². The Labute approximate surface area is 93.1 Å². The molecule has 81 valence electrons. The molecule has 0 N–H and O–H groups in total. The van der Waals surface area contributed by atoms with Gasteiger partial charge in [0, 0.05) is 19.5 Å². The van der Waals surface area contributed by atoms with E-state index in [4.69, 9.17) is 18.6 Å². The Hall–Kier alpha value is 0.233. The van der Waals surface area contributed by atoms with Gasteiger partial charge < -0.3 is 0 Å². The van der Waals surface area contributed by atoms with Gasteiger partial charge in [-0.1, -0.05) is 24.3 Å². The zero-order valence-electron chi connectivity index (χ0n) is 7.36. The molecule has 0 aromatic rings. The van der Waals surface area contributed by atoms with Gasteiger partial charge in [-0.3, -0.25) is 0 Å². The molecule has 0 rings (SSSR count). The second kappa shape index (κ2) is 12.2. The summed E-state index contributed by atoms with van der Waals surface area (Å²) in [6.45, 7) is 4.06. The molecule has 13 heavy (non-hydrogen) atoms. The zero-order chi connectivity index (χ0) is 10.0. The van der Waals surface area contributed by atoms with E-state index in [1.165, 1.54) is 0 Å². The van der Waals surface area contributed by atoms with Crippen molar-refractivity contribution in [3.05, 3.63) is 24.3 Å². The Bertz CT molecular complexity index is 126. The first-order valence-corrected chi connectivity index (χ1v) is 4.49. The summed E-state index contributed by atoms with van der Waals surface area (Å²) in [5, 5.41) is 0. The fourth-order valence-corrected chi connectivity index (χ4v) is 0.351. The van der Waals surface area contributed by atoms with Crippen LogP contribution in [0.3, 0.4) is 0 Å². The van der Waals surface area contributed by atoms with Crippen LogP contribution in [0.25, 0.3) is 0 Å². The number of halogens is 1. The van der Waals surface area contributed by atoms with Crippen LogP contribution in [-0.2, 0) is 19.5 Å². The maximum absolute atomic E-state index is 8.49. The summed E-state index contributed by atoms with van der Waals surface area (Å²) < 4.78 is 34.0. The van der Waals surface area contributed by atoms with Crippen molar-refractivity contribution in [2.75, 3.05) is 0 Å². The minimum atomic E-state index is -4.94.